The number of hydrogen-bond acceptors (Lipinski definition) is 1. The van der Waals surface area contributed by atoms with Gasteiger partial charge in [-0.15, -0.1) is 0 Å². The Balaban J connectivity index is -0.00000000750. The van der Waals surface area contributed by atoms with Gasteiger partial charge >= 0.3 is 17.4 Å². The Hall–Kier alpha value is 1.36. The Morgan fingerprint density at radius 3 is 1.25 bits per heavy atom. The smallest absolute Gasteiger partial charge is 1.00 e. The Labute approximate surface area is 82.9 Å². The van der Waals surface area contributed by atoms with E-state index in [1.54, 1.807) is 0 Å². The van der Waals surface area contributed by atoms with Gasteiger partial charge in [-0.05, 0) is 11.6 Å². The maximum absolute atomic E-state index is 9.21. The van der Waals surface area contributed by atoms with Crippen LogP contribution in [0, 0.1) is 0 Å². The van der Waals surface area contributed by atoms with Crippen molar-refractivity contribution in [1.82, 2.24) is 0 Å². The van der Waals surface area contributed by atoms with Crippen LogP contribution in [0.2, 0.25) is 0 Å². The van der Waals surface area contributed by atoms with Crippen molar-refractivity contribution in [3.05, 3.63) is 0 Å². The summed E-state index contributed by atoms with van der Waals surface area (Å²) in [6.07, 6.45) is 0. The molecule has 0 aliphatic heterocycles. The second kappa shape index (κ2) is 23.8. The fourth-order valence-electron chi connectivity index (χ4n) is 0. The molecule has 0 heterocycles. The number of rotatable bonds is 0. The second-order valence-corrected chi connectivity index (χ2v) is 1.00. The maximum atomic E-state index is 9.21. The van der Waals surface area contributed by atoms with Gasteiger partial charge < -0.3 is 37.2 Å². The van der Waals surface area contributed by atoms with Crippen molar-refractivity contribution in [3.8, 4) is 0 Å². The molecule has 0 aromatic heterocycles. The number of hydrogen-bond donors (Lipinski definition) is 0. The summed E-state index contributed by atoms with van der Waals surface area (Å²) in [6, 6.07) is 0. The molecule has 0 radical (unpaired) electrons. The Bertz CT molecular complexity index is 37.0. The van der Waals surface area contributed by atoms with Crippen molar-refractivity contribution in [2.24, 2.45) is 0 Å². The van der Waals surface area contributed by atoms with Crippen molar-refractivity contribution in [2.45, 2.75) is 6.92 Å². The first-order chi connectivity index (χ1) is 1.73. The topological polar surface area (TPSA) is 17.1 Å². The monoisotopic (exact) mass is 210 g/mol. The summed E-state index contributed by atoms with van der Waals surface area (Å²) in [7, 11) is 0. The molecule has 0 unspecified atom stereocenters. The van der Waals surface area contributed by atoms with Crippen LogP contribution in [0.3, 0.4) is 0 Å². The molecule has 0 saturated carbocycles. The van der Waals surface area contributed by atoms with Crippen LogP contribution in [-0.4, -0.2) is 22.6 Å². The third-order valence-electron chi connectivity index (χ3n) is 0. The van der Waals surface area contributed by atoms with Gasteiger partial charge in [0, 0.05) is 6.92 Å². The van der Waals surface area contributed by atoms with Crippen molar-refractivity contribution < 1.29 is 42.0 Å². The van der Waals surface area contributed by atoms with E-state index in [-0.39, 0.29) is 59.8 Å². The minimum atomic E-state index is -0.361. The fraction of sp³-hybridized carbons (Fsp3) is 0.500. The number of carbonyl (C=O) groups is 1. The van der Waals surface area contributed by atoms with Crippen LogP contribution in [0.15, 0.2) is 0 Å². The summed E-state index contributed by atoms with van der Waals surface area (Å²) in [5, 5.41) is -0.361. The molecule has 0 spiro atoms. The summed E-state index contributed by atoms with van der Waals surface area (Å²) in [4.78, 5) is 9.21. The fourth-order valence-corrected chi connectivity index (χ4v) is 0. The summed E-state index contributed by atoms with van der Waals surface area (Å²) in [5.41, 5.74) is 0. The zero-order valence-electron chi connectivity index (χ0n) is 4.00. The van der Waals surface area contributed by atoms with Crippen LogP contribution < -0.4 is 37.2 Å². The Morgan fingerprint density at radius 2 is 1.25 bits per heavy atom. The predicted molar refractivity (Wildman–Crippen MR) is 22.3 cm³/mol. The summed E-state index contributed by atoms with van der Waals surface area (Å²) < 4.78 is 0. The van der Waals surface area contributed by atoms with Gasteiger partial charge in [-0.1, -0.05) is 0 Å². The second-order valence-electron chi connectivity index (χ2n) is 0.470. The van der Waals surface area contributed by atoms with Crippen molar-refractivity contribution in [1.29, 1.82) is 0 Å². The quantitative estimate of drug-likeness (QED) is 0.288. The van der Waals surface area contributed by atoms with Crippen LogP contribution >= 0.6 is 11.6 Å². The Kier molecular flexibility index (Phi) is 102. The zero-order chi connectivity index (χ0) is 3.58. The summed E-state index contributed by atoms with van der Waals surface area (Å²) >= 11 is 4.64. The molecule has 0 aliphatic carbocycles. The van der Waals surface area contributed by atoms with Crippen LogP contribution in [0.1, 0.15) is 6.92 Å². The molecule has 1 nitrogen and oxygen atoms in total. The van der Waals surface area contributed by atoms with Crippen LogP contribution in [-0.2, 0) is 4.79 Å². The molecule has 0 saturated heterocycles. The SMILES string of the molecule is CC(=O)Cl.[Al+3].[Cl-].[Cl-].[Cl-]. The van der Waals surface area contributed by atoms with Gasteiger partial charge in [0.25, 0.3) is 0 Å². The van der Waals surface area contributed by atoms with Crippen LogP contribution in [0.5, 0.6) is 0 Å². The van der Waals surface area contributed by atoms with Crippen LogP contribution in [0.25, 0.3) is 0 Å². The molecule has 0 aromatic carbocycles. The summed E-state index contributed by atoms with van der Waals surface area (Å²) in [6.45, 7) is 1.29. The molecular formula is C2H3AlCl4O. The number of carbonyl (C=O) groups excluding carboxylic acids is 1. The average Bonchev–Trinajstić information content (AvgIpc) is 0.811. The molecule has 0 fully saturated rings. The van der Waals surface area contributed by atoms with E-state index in [1.807, 2.05) is 0 Å². The van der Waals surface area contributed by atoms with Gasteiger partial charge in [-0.2, -0.15) is 0 Å². The van der Waals surface area contributed by atoms with Crippen molar-refractivity contribution in [2.75, 3.05) is 0 Å². The normalized spacial score (nSPS) is 3.25. The van der Waals surface area contributed by atoms with Gasteiger partial charge in [-0.3, -0.25) is 4.79 Å². The van der Waals surface area contributed by atoms with Gasteiger partial charge in [0.1, 0.15) is 0 Å². The summed E-state index contributed by atoms with van der Waals surface area (Å²) in [5.74, 6) is 0. The molecule has 0 atom stereocenters. The van der Waals surface area contributed by atoms with E-state index in [2.05, 4.69) is 11.6 Å². The van der Waals surface area contributed by atoms with E-state index < -0.39 is 0 Å². The molecule has 0 aliphatic rings. The standard InChI is InChI=1S/C2H3ClO.Al.3ClH/c1-2(3)4;;;;/h1H3;;3*1H/q;+3;;;/p-3. The predicted octanol–water partition coefficient (Wildman–Crippen LogP) is -8.60. The third-order valence-corrected chi connectivity index (χ3v) is 0. The largest absolute Gasteiger partial charge is 3.00 e. The minimum absolute atomic E-state index is 0. The van der Waals surface area contributed by atoms with Crippen molar-refractivity contribution >= 4 is 34.2 Å². The van der Waals surface area contributed by atoms with Crippen molar-refractivity contribution in [3.63, 3.8) is 0 Å². The first-order valence-corrected chi connectivity index (χ1v) is 1.27. The number of halogens is 4. The van der Waals surface area contributed by atoms with E-state index in [1.165, 1.54) is 6.92 Å². The molecule has 0 aromatic rings. The molecule has 6 heteroatoms. The first-order valence-electron chi connectivity index (χ1n) is 0.893. The first kappa shape index (κ1) is 34.4. The van der Waals surface area contributed by atoms with Gasteiger partial charge in [-0.25, -0.2) is 0 Å². The third kappa shape index (κ3) is 161. The van der Waals surface area contributed by atoms with E-state index in [0.29, 0.717) is 0 Å². The van der Waals surface area contributed by atoms with Gasteiger partial charge in [0.05, 0.1) is 0 Å². The van der Waals surface area contributed by atoms with E-state index in [0.717, 1.165) is 0 Å². The molecular weight excluding hydrogens is 209 g/mol. The minimum Gasteiger partial charge on any atom is -1.00 e. The van der Waals surface area contributed by atoms with E-state index in [4.69, 9.17) is 0 Å². The molecule has 0 amide bonds. The molecule has 0 rings (SSSR count). The molecule has 48 valence electrons. The van der Waals surface area contributed by atoms with E-state index in [9.17, 15) is 4.79 Å². The molecule has 0 bridgehead atoms. The average molecular weight is 212 g/mol. The maximum Gasteiger partial charge on any atom is 3.00 e. The van der Waals surface area contributed by atoms with Gasteiger partial charge in [0.2, 0.25) is 5.24 Å². The van der Waals surface area contributed by atoms with Gasteiger partial charge in [0.15, 0.2) is 0 Å². The van der Waals surface area contributed by atoms with E-state index >= 15 is 0 Å². The van der Waals surface area contributed by atoms with Crippen LogP contribution in [0.4, 0.5) is 0 Å². The Morgan fingerprint density at radius 1 is 1.25 bits per heavy atom. The zero-order valence-corrected chi connectivity index (χ0v) is 8.18. The molecule has 8 heavy (non-hydrogen) atoms. The molecule has 0 N–H and O–H groups in total.